The van der Waals surface area contributed by atoms with E-state index in [-0.39, 0.29) is 5.41 Å². The highest BCUT2D eigenvalue weighted by molar-refractivity contribution is 6.40. The largest absolute Gasteiger partial charge is 0.347 e. The molecule has 6 heteroatoms. The highest BCUT2D eigenvalue weighted by Crippen LogP contribution is 2.46. The summed E-state index contributed by atoms with van der Waals surface area (Å²) in [4.78, 5) is 30.7. The lowest BCUT2D eigenvalue weighted by molar-refractivity contribution is -0.137. The highest BCUT2D eigenvalue weighted by Gasteiger charge is 2.43. The van der Waals surface area contributed by atoms with Gasteiger partial charge in [-0.25, -0.2) is 4.98 Å². The van der Waals surface area contributed by atoms with E-state index in [1.165, 1.54) is 0 Å². The summed E-state index contributed by atoms with van der Waals surface area (Å²) in [7, 11) is 0. The van der Waals surface area contributed by atoms with Gasteiger partial charge < -0.3 is 14.8 Å². The number of para-hydroxylation sites is 1. The third-order valence-electron chi connectivity index (χ3n) is 5.21. The number of amides is 2. The second-order valence-corrected chi connectivity index (χ2v) is 7.11. The van der Waals surface area contributed by atoms with Crippen molar-refractivity contribution in [3.05, 3.63) is 48.5 Å². The molecule has 0 saturated heterocycles. The first-order chi connectivity index (χ1) is 12.2. The standard InChI is InChI=1S/C19H22N4O2/c24-17(21-12-19(7-8-19)13-22-11-9-20-14-22)18(25)23-10-3-5-15-4-1-2-6-16(15)23/h1-2,4,6,9,11,14H,3,5,7-8,10,12-13H2,(H,21,24). The van der Waals surface area contributed by atoms with Gasteiger partial charge >= 0.3 is 11.8 Å². The molecule has 2 aromatic rings. The molecule has 1 aliphatic carbocycles. The predicted octanol–water partition coefficient (Wildman–Crippen LogP) is 1.76. The number of carbonyl (C=O) groups excluding carboxylic acids is 2. The van der Waals surface area contributed by atoms with Gasteiger partial charge in [-0.15, -0.1) is 0 Å². The van der Waals surface area contributed by atoms with E-state index < -0.39 is 11.8 Å². The number of hydrogen-bond donors (Lipinski definition) is 1. The zero-order valence-electron chi connectivity index (χ0n) is 14.1. The number of aryl methyl sites for hydroxylation is 1. The molecular formula is C19H22N4O2. The quantitative estimate of drug-likeness (QED) is 0.864. The molecule has 0 atom stereocenters. The summed E-state index contributed by atoms with van der Waals surface area (Å²) >= 11 is 0. The predicted molar refractivity (Wildman–Crippen MR) is 94.0 cm³/mol. The average molecular weight is 338 g/mol. The molecule has 0 radical (unpaired) electrons. The van der Waals surface area contributed by atoms with Gasteiger partial charge in [-0.05, 0) is 37.3 Å². The lowest BCUT2D eigenvalue weighted by Crippen LogP contribution is -2.46. The molecule has 2 aliphatic rings. The van der Waals surface area contributed by atoms with Crippen molar-refractivity contribution >= 4 is 17.5 Å². The smallest absolute Gasteiger partial charge is 0.316 e. The van der Waals surface area contributed by atoms with Gasteiger partial charge in [0, 0.05) is 43.1 Å². The highest BCUT2D eigenvalue weighted by atomic mass is 16.2. The summed E-state index contributed by atoms with van der Waals surface area (Å²) in [5.74, 6) is -0.959. The molecule has 0 unspecified atom stereocenters. The van der Waals surface area contributed by atoms with Crippen molar-refractivity contribution in [2.45, 2.75) is 32.2 Å². The van der Waals surface area contributed by atoms with Crippen LogP contribution in [0.3, 0.4) is 0 Å². The molecule has 2 amide bonds. The zero-order chi connectivity index (χ0) is 17.3. The number of fused-ring (bicyclic) bond motifs is 1. The first-order valence-electron chi connectivity index (χ1n) is 8.80. The van der Waals surface area contributed by atoms with E-state index in [9.17, 15) is 9.59 Å². The first kappa shape index (κ1) is 15.9. The molecule has 0 bridgehead atoms. The van der Waals surface area contributed by atoms with Gasteiger partial charge in [-0.2, -0.15) is 0 Å². The van der Waals surface area contributed by atoms with E-state index in [0.29, 0.717) is 13.1 Å². The van der Waals surface area contributed by atoms with Gasteiger partial charge in [0.05, 0.1) is 6.33 Å². The van der Waals surface area contributed by atoms with Crippen LogP contribution in [0.5, 0.6) is 0 Å². The summed E-state index contributed by atoms with van der Waals surface area (Å²) in [6, 6.07) is 7.82. The minimum absolute atomic E-state index is 0.0659. The lowest BCUT2D eigenvalue weighted by atomic mass is 10.0. The summed E-state index contributed by atoms with van der Waals surface area (Å²) in [5.41, 5.74) is 2.07. The first-order valence-corrected chi connectivity index (χ1v) is 8.80. The maximum absolute atomic E-state index is 12.6. The van der Waals surface area contributed by atoms with Crippen LogP contribution in [0.15, 0.2) is 43.0 Å². The van der Waals surface area contributed by atoms with Gasteiger partial charge in [0.15, 0.2) is 0 Å². The van der Waals surface area contributed by atoms with Crippen molar-refractivity contribution in [3.8, 4) is 0 Å². The van der Waals surface area contributed by atoms with Crippen LogP contribution in [0.25, 0.3) is 0 Å². The molecule has 1 N–H and O–H groups in total. The van der Waals surface area contributed by atoms with E-state index in [4.69, 9.17) is 0 Å². The Bertz CT molecular complexity index is 780. The van der Waals surface area contributed by atoms with Crippen LogP contribution >= 0.6 is 0 Å². The minimum Gasteiger partial charge on any atom is -0.347 e. The Morgan fingerprint density at radius 3 is 2.84 bits per heavy atom. The molecule has 6 nitrogen and oxygen atoms in total. The van der Waals surface area contributed by atoms with Gasteiger partial charge in [0.2, 0.25) is 0 Å². The Labute approximate surface area is 146 Å². The van der Waals surface area contributed by atoms with Crippen molar-refractivity contribution in [2.24, 2.45) is 5.41 Å². The molecule has 1 saturated carbocycles. The summed E-state index contributed by atoms with van der Waals surface area (Å²) in [6.07, 6.45) is 9.44. The monoisotopic (exact) mass is 338 g/mol. The Balaban J connectivity index is 1.38. The Morgan fingerprint density at radius 2 is 2.08 bits per heavy atom. The van der Waals surface area contributed by atoms with Crippen LogP contribution in [0.1, 0.15) is 24.8 Å². The third kappa shape index (κ3) is 3.29. The number of anilines is 1. The van der Waals surface area contributed by atoms with Gasteiger partial charge in [-0.1, -0.05) is 18.2 Å². The third-order valence-corrected chi connectivity index (χ3v) is 5.21. The van der Waals surface area contributed by atoms with Crippen LogP contribution in [-0.4, -0.2) is 34.5 Å². The van der Waals surface area contributed by atoms with Crippen molar-refractivity contribution in [1.82, 2.24) is 14.9 Å². The number of nitrogens with zero attached hydrogens (tertiary/aromatic N) is 3. The van der Waals surface area contributed by atoms with Crippen LogP contribution in [-0.2, 0) is 22.6 Å². The van der Waals surface area contributed by atoms with Gasteiger partial charge in [-0.3, -0.25) is 9.59 Å². The van der Waals surface area contributed by atoms with Crippen LogP contribution in [0, 0.1) is 5.41 Å². The van der Waals surface area contributed by atoms with Crippen molar-refractivity contribution in [3.63, 3.8) is 0 Å². The molecule has 0 spiro atoms. The number of carbonyl (C=O) groups is 2. The van der Waals surface area contributed by atoms with Gasteiger partial charge in [0.25, 0.3) is 0 Å². The molecule has 1 aromatic heterocycles. The maximum Gasteiger partial charge on any atom is 0.316 e. The maximum atomic E-state index is 12.6. The van der Waals surface area contributed by atoms with E-state index in [0.717, 1.165) is 43.5 Å². The zero-order valence-corrected chi connectivity index (χ0v) is 14.1. The normalized spacial score (nSPS) is 17.7. The summed E-state index contributed by atoms with van der Waals surface area (Å²) in [6.45, 7) is 1.96. The van der Waals surface area contributed by atoms with Crippen molar-refractivity contribution < 1.29 is 9.59 Å². The van der Waals surface area contributed by atoms with E-state index in [1.54, 1.807) is 17.4 Å². The Kier molecular flexibility index (Phi) is 4.03. The topological polar surface area (TPSA) is 67.2 Å². The number of aromatic nitrogens is 2. The molecule has 2 heterocycles. The van der Waals surface area contributed by atoms with Crippen LogP contribution in [0.2, 0.25) is 0 Å². The fourth-order valence-corrected chi connectivity index (χ4v) is 3.55. The van der Waals surface area contributed by atoms with Crippen LogP contribution in [0.4, 0.5) is 5.69 Å². The average Bonchev–Trinajstić information content (AvgIpc) is 3.21. The molecule has 4 rings (SSSR count). The molecular weight excluding hydrogens is 316 g/mol. The second-order valence-electron chi connectivity index (χ2n) is 7.11. The summed E-state index contributed by atoms with van der Waals surface area (Å²) in [5, 5.41) is 2.86. The number of benzene rings is 1. The molecule has 1 aliphatic heterocycles. The summed E-state index contributed by atoms with van der Waals surface area (Å²) < 4.78 is 2.03. The number of hydrogen-bond acceptors (Lipinski definition) is 3. The molecule has 1 aromatic carbocycles. The molecule has 130 valence electrons. The molecule has 25 heavy (non-hydrogen) atoms. The van der Waals surface area contributed by atoms with Crippen molar-refractivity contribution in [2.75, 3.05) is 18.0 Å². The SMILES string of the molecule is O=C(NCC1(Cn2ccnc2)CC1)C(=O)N1CCCc2ccccc21. The van der Waals surface area contributed by atoms with E-state index in [2.05, 4.69) is 10.3 Å². The Hall–Kier alpha value is -2.63. The minimum atomic E-state index is -0.506. The van der Waals surface area contributed by atoms with E-state index >= 15 is 0 Å². The van der Waals surface area contributed by atoms with Gasteiger partial charge in [0.1, 0.15) is 0 Å². The Morgan fingerprint density at radius 1 is 1.24 bits per heavy atom. The van der Waals surface area contributed by atoms with Crippen LogP contribution < -0.4 is 10.2 Å². The van der Waals surface area contributed by atoms with E-state index in [1.807, 2.05) is 35.0 Å². The lowest BCUT2D eigenvalue weighted by Gasteiger charge is -2.29. The number of nitrogens with one attached hydrogen (secondary N) is 1. The second kappa shape index (κ2) is 6.35. The number of imidazole rings is 1. The fourth-order valence-electron chi connectivity index (χ4n) is 3.55. The fraction of sp³-hybridized carbons (Fsp3) is 0.421. The van der Waals surface area contributed by atoms with Crippen molar-refractivity contribution in [1.29, 1.82) is 0 Å². The number of rotatable bonds is 4. The molecule has 1 fully saturated rings.